The highest BCUT2D eigenvalue weighted by molar-refractivity contribution is 7.92. The maximum Gasteiger partial charge on any atom is 0.266 e. The summed E-state index contributed by atoms with van der Waals surface area (Å²) in [5, 5.41) is 0. The van der Waals surface area contributed by atoms with Gasteiger partial charge in [0.2, 0.25) is 10.0 Å². The van der Waals surface area contributed by atoms with Crippen molar-refractivity contribution in [1.82, 2.24) is 4.90 Å². The molecule has 3 aromatic carbocycles. The van der Waals surface area contributed by atoms with Crippen LogP contribution in [0.2, 0.25) is 0 Å². The van der Waals surface area contributed by atoms with Crippen LogP contribution in [0.5, 0.6) is 5.75 Å². The third-order valence-electron chi connectivity index (χ3n) is 5.40. The van der Waals surface area contributed by atoms with Crippen molar-refractivity contribution in [2.75, 3.05) is 17.1 Å². The van der Waals surface area contributed by atoms with Crippen LogP contribution in [-0.4, -0.2) is 38.1 Å². The molecule has 1 aliphatic rings. The summed E-state index contributed by atoms with van der Waals surface area (Å²) >= 11 is 0. The molecule has 0 spiro atoms. The second-order valence-corrected chi connectivity index (χ2v) is 9.94. The van der Waals surface area contributed by atoms with Crippen LogP contribution in [-0.2, 0) is 27.9 Å². The number of aryl methyl sites for hydroxylation is 1. The highest BCUT2D eigenvalue weighted by atomic mass is 32.2. The molecule has 3 aromatic rings. The molecule has 0 aliphatic carbocycles. The monoisotopic (exact) mass is 450 g/mol. The molecular formula is C25H26N2O4S. The van der Waals surface area contributed by atoms with Gasteiger partial charge in [-0.1, -0.05) is 66.7 Å². The van der Waals surface area contributed by atoms with E-state index in [1.54, 1.807) is 17.0 Å². The standard InChI is InChI=1S/C25H26N2O4S/c1-19-13-14-23-22(15-19)27(32(2,29)30)18-24(31-23)25(28)26(16-20-9-5-3-6-10-20)17-21-11-7-4-8-12-21/h3-15,24H,16-18H2,1-2H3. The SMILES string of the molecule is Cc1ccc2c(c1)N(S(C)(=O)=O)CC(C(=O)N(Cc1ccccc1)Cc1ccccc1)O2. The summed E-state index contributed by atoms with van der Waals surface area (Å²) in [5.41, 5.74) is 3.36. The first-order valence-corrected chi connectivity index (χ1v) is 12.3. The van der Waals surface area contributed by atoms with Crippen LogP contribution >= 0.6 is 0 Å². The first-order valence-electron chi connectivity index (χ1n) is 10.4. The van der Waals surface area contributed by atoms with E-state index in [1.807, 2.05) is 73.7 Å². The molecule has 0 bridgehead atoms. The molecule has 0 radical (unpaired) electrons. The number of benzene rings is 3. The second-order valence-electron chi connectivity index (χ2n) is 8.04. The predicted molar refractivity (Wildman–Crippen MR) is 125 cm³/mol. The number of hydrogen-bond acceptors (Lipinski definition) is 4. The average molecular weight is 451 g/mol. The maximum absolute atomic E-state index is 13.6. The van der Waals surface area contributed by atoms with Crippen molar-refractivity contribution in [1.29, 1.82) is 0 Å². The Morgan fingerprint density at radius 1 is 0.969 bits per heavy atom. The maximum atomic E-state index is 13.6. The quantitative estimate of drug-likeness (QED) is 0.574. The lowest BCUT2D eigenvalue weighted by molar-refractivity contribution is -0.139. The van der Waals surface area contributed by atoms with Crippen molar-refractivity contribution < 1.29 is 17.9 Å². The number of fused-ring (bicyclic) bond motifs is 1. The molecule has 0 aromatic heterocycles. The number of amides is 1. The first-order chi connectivity index (χ1) is 15.3. The lowest BCUT2D eigenvalue weighted by Gasteiger charge is -2.36. The van der Waals surface area contributed by atoms with E-state index in [2.05, 4.69) is 0 Å². The highest BCUT2D eigenvalue weighted by Gasteiger charge is 2.37. The molecule has 0 fully saturated rings. The zero-order chi connectivity index (χ0) is 22.7. The summed E-state index contributed by atoms with van der Waals surface area (Å²) < 4.78 is 32.4. The van der Waals surface area contributed by atoms with Gasteiger partial charge in [0.05, 0.1) is 18.5 Å². The van der Waals surface area contributed by atoms with E-state index < -0.39 is 16.1 Å². The van der Waals surface area contributed by atoms with Gasteiger partial charge in [-0.25, -0.2) is 8.42 Å². The average Bonchev–Trinajstić information content (AvgIpc) is 2.78. The Bertz CT molecular complexity index is 1160. The van der Waals surface area contributed by atoms with Crippen molar-refractivity contribution in [2.45, 2.75) is 26.1 Å². The molecule has 0 N–H and O–H groups in total. The number of anilines is 1. The van der Waals surface area contributed by atoms with Crippen LogP contribution in [0.15, 0.2) is 78.9 Å². The molecule has 1 heterocycles. The van der Waals surface area contributed by atoms with Gasteiger partial charge in [-0.2, -0.15) is 0 Å². The summed E-state index contributed by atoms with van der Waals surface area (Å²) in [6.45, 7) is 2.62. The Hall–Kier alpha value is -3.32. The molecule has 0 saturated heterocycles. The van der Waals surface area contributed by atoms with Gasteiger partial charge < -0.3 is 9.64 Å². The number of nitrogens with zero attached hydrogens (tertiary/aromatic N) is 2. The minimum absolute atomic E-state index is 0.0613. The van der Waals surface area contributed by atoms with E-state index in [0.29, 0.717) is 24.5 Å². The van der Waals surface area contributed by atoms with Gasteiger partial charge in [0.15, 0.2) is 6.10 Å². The number of carbonyl (C=O) groups is 1. The lowest BCUT2D eigenvalue weighted by Crippen LogP contribution is -2.51. The summed E-state index contributed by atoms with van der Waals surface area (Å²) in [7, 11) is -3.58. The smallest absolute Gasteiger partial charge is 0.266 e. The number of carbonyl (C=O) groups excluding carboxylic acids is 1. The fourth-order valence-electron chi connectivity index (χ4n) is 3.83. The Morgan fingerprint density at radius 3 is 2.06 bits per heavy atom. The second kappa shape index (κ2) is 9.04. The van der Waals surface area contributed by atoms with Crippen molar-refractivity contribution in [2.24, 2.45) is 0 Å². The minimum Gasteiger partial charge on any atom is -0.476 e. The van der Waals surface area contributed by atoms with Crippen molar-refractivity contribution in [3.63, 3.8) is 0 Å². The molecule has 1 amide bonds. The Kier molecular flexibility index (Phi) is 6.19. The fraction of sp³-hybridized carbons (Fsp3) is 0.240. The number of hydrogen-bond donors (Lipinski definition) is 0. The van der Waals surface area contributed by atoms with Crippen LogP contribution in [0, 0.1) is 6.92 Å². The van der Waals surface area contributed by atoms with Crippen LogP contribution in [0.4, 0.5) is 5.69 Å². The number of rotatable bonds is 6. The zero-order valence-corrected chi connectivity index (χ0v) is 19.0. The topological polar surface area (TPSA) is 66.9 Å². The minimum atomic E-state index is -3.58. The van der Waals surface area contributed by atoms with Crippen molar-refractivity contribution in [3.05, 3.63) is 95.6 Å². The van der Waals surface area contributed by atoms with Gasteiger partial charge in [0.1, 0.15) is 5.75 Å². The molecular weight excluding hydrogens is 424 g/mol. The largest absolute Gasteiger partial charge is 0.476 e. The Morgan fingerprint density at radius 2 is 1.53 bits per heavy atom. The third-order valence-corrected chi connectivity index (χ3v) is 6.55. The molecule has 1 aliphatic heterocycles. The zero-order valence-electron chi connectivity index (χ0n) is 18.1. The summed E-state index contributed by atoms with van der Waals surface area (Å²) in [5.74, 6) is 0.141. The van der Waals surface area contributed by atoms with Crippen molar-refractivity contribution in [3.8, 4) is 5.75 Å². The molecule has 32 heavy (non-hydrogen) atoms. The normalized spacial score (nSPS) is 15.6. The van der Waals surface area contributed by atoms with Crippen LogP contribution in [0.25, 0.3) is 0 Å². The Balaban J connectivity index is 1.65. The molecule has 7 heteroatoms. The lowest BCUT2D eigenvalue weighted by atomic mass is 10.1. The first kappa shape index (κ1) is 21.9. The molecule has 4 rings (SSSR count). The summed E-state index contributed by atoms with van der Waals surface area (Å²) in [6.07, 6.45) is 0.213. The van der Waals surface area contributed by atoms with E-state index in [1.165, 1.54) is 4.31 Å². The summed E-state index contributed by atoms with van der Waals surface area (Å²) in [6, 6.07) is 24.8. The Labute approximate surface area is 189 Å². The highest BCUT2D eigenvalue weighted by Crippen LogP contribution is 2.36. The molecule has 1 atom stereocenters. The molecule has 166 valence electrons. The molecule has 1 unspecified atom stereocenters. The van der Waals surface area contributed by atoms with Gasteiger partial charge in [-0.15, -0.1) is 0 Å². The van der Waals surface area contributed by atoms with E-state index in [0.717, 1.165) is 22.9 Å². The van der Waals surface area contributed by atoms with Crippen LogP contribution in [0.1, 0.15) is 16.7 Å². The van der Waals surface area contributed by atoms with E-state index in [-0.39, 0.29) is 12.5 Å². The third kappa shape index (κ3) is 4.94. The molecule has 6 nitrogen and oxygen atoms in total. The predicted octanol–water partition coefficient (Wildman–Crippen LogP) is 3.75. The van der Waals surface area contributed by atoms with Gasteiger partial charge in [0.25, 0.3) is 5.91 Å². The van der Waals surface area contributed by atoms with Crippen LogP contribution in [0.3, 0.4) is 0 Å². The number of ether oxygens (including phenoxy) is 1. The van der Waals surface area contributed by atoms with Crippen LogP contribution < -0.4 is 9.04 Å². The molecule has 0 saturated carbocycles. The van der Waals surface area contributed by atoms with Gasteiger partial charge in [-0.3, -0.25) is 9.10 Å². The van der Waals surface area contributed by atoms with Gasteiger partial charge in [-0.05, 0) is 35.7 Å². The van der Waals surface area contributed by atoms with Gasteiger partial charge >= 0.3 is 0 Å². The fourth-order valence-corrected chi connectivity index (χ4v) is 4.73. The van der Waals surface area contributed by atoms with Gasteiger partial charge in [0, 0.05) is 13.1 Å². The van der Waals surface area contributed by atoms with E-state index >= 15 is 0 Å². The van der Waals surface area contributed by atoms with E-state index in [9.17, 15) is 13.2 Å². The number of sulfonamides is 1. The summed E-state index contributed by atoms with van der Waals surface area (Å²) in [4.78, 5) is 15.4. The van der Waals surface area contributed by atoms with Crippen molar-refractivity contribution >= 4 is 21.6 Å². The van der Waals surface area contributed by atoms with E-state index in [4.69, 9.17) is 4.74 Å².